The van der Waals surface area contributed by atoms with Crippen molar-refractivity contribution in [2.24, 2.45) is 0 Å². The van der Waals surface area contributed by atoms with Crippen molar-refractivity contribution in [1.29, 1.82) is 0 Å². The number of hydrogen-bond donors (Lipinski definition) is 1. The topological polar surface area (TPSA) is 67.5 Å². The number of halogens is 2. The number of likely N-dealkylation sites (tertiary alicyclic amines) is 1. The first-order valence-corrected chi connectivity index (χ1v) is 10.3. The summed E-state index contributed by atoms with van der Waals surface area (Å²) < 4.78 is 38.8. The van der Waals surface area contributed by atoms with Crippen LogP contribution in [0.25, 0.3) is 0 Å². The van der Waals surface area contributed by atoms with E-state index in [0.717, 1.165) is 11.6 Å². The molecule has 6 nitrogen and oxygen atoms in total. The van der Waals surface area contributed by atoms with Gasteiger partial charge < -0.3 is 14.5 Å². The molecule has 0 bridgehead atoms. The van der Waals surface area contributed by atoms with Crippen molar-refractivity contribution in [2.75, 3.05) is 27.3 Å². The summed E-state index contributed by atoms with van der Waals surface area (Å²) >= 11 is 0. The van der Waals surface area contributed by atoms with E-state index in [4.69, 9.17) is 9.47 Å². The van der Waals surface area contributed by atoms with Gasteiger partial charge in [-0.15, -0.1) is 0 Å². The molecule has 2 heterocycles. The Labute approximate surface area is 184 Å². The molecule has 1 N–H and O–H groups in total. The quantitative estimate of drug-likeness (QED) is 0.631. The molecule has 3 aromatic rings. The average molecular weight is 441 g/mol. The van der Waals surface area contributed by atoms with Crippen LogP contribution in [0.4, 0.5) is 8.78 Å². The molecule has 1 aliphatic rings. The lowest BCUT2D eigenvalue weighted by Gasteiger charge is -2.20. The molecule has 0 saturated carbocycles. The normalized spacial score (nSPS) is 18.7. The molecule has 0 amide bonds. The van der Waals surface area contributed by atoms with Crippen LogP contribution < -0.4 is 15.0 Å². The van der Waals surface area contributed by atoms with E-state index in [-0.39, 0.29) is 23.9 Å². The van der Waals surface area contributed by atoms with E-state index in [9.17, 15) is 13.6 Å². The number of nitrogens with zero attached hydrogens (tertiary/aromatic N) is 2. The van der Waals surface area contributed by atoms with Crippen molar-refractivity contribution in [3.63, 3.8) is 0 Å². The Morgan fingerprint density at radius 2 is 1.81 bits per heavy atom. The second kappa shape index (κ2) is 9.08. The Hall–Kier alpha value is -3.26. The van der Waals surface area contributed by atoms with Crippen LogP contribution in [0.3, 0.4) is 0 Å². The number of ether oxygens (including phenoxy) is 2. The van der Waals surface area contributed by atoms with Crippen LogP contribution in [-0.4, -0.2) is 42.2 Å². The maximum Gasteiger partial charge on any atom is 0.251 e. The Bertz CT molecular complexity index is 1180. The van der Waals surface area contributed by atoms with Gasteiger partial charge in [-0.3, -0.25) is 9.69 Å². The summed E-state index contributed by atoms with van der Waals surface area (Å²) in [6.45, 7) is 3.13. The van der Waals surface area contributed by atoms with Crippen molar-refractivity contribution in [2.45, 2.75) is 25.3 Å². The van der Waals surface area contributed by atoms with Gasteiger partial charge in [-0.1, -0.05) is 18.2 Å². The third-order valence-corrected chi connectivity index (χ3v) is 5.92. The molecular formula is C24H25F2N3O3. The maximum absolute atomic E-state index is 14.3. The zero-order chi connectivity index (χ0) is 22.8. The highest BCUT2D eigenvalue weighted by Crippen LogP contribution is 2.42. The van der Waals surface area contributed by atoms with Gasteiger partial charge in [-0.2, -0.15) is 0 Å². The van der Waals surface area contributed by atoms with Gasteiger partial charge in [-0.25, -0.2) is 13.8 Å². The third-order valence-electron chi connectivity index (χ3n) is 5.92. The van der Waals surface area contributed by atoms with Crippen LogP contribution in [0, 0.1) is 18.6 Å². The Kier molecular flexibility index (Phi) is 6.23. The Morgan fingerprint density at radius 3 is 2.53 bits per heavy atom. The number of H-pyrrole nitrogens is 1. The van der Waals surface area contributed by atoms with Gasteiger partial charge in [0.05, 0.1) is 19.9 Å². The highest BCUT2D eigenvalue weighted by Gasteiger charge is 2.37. The van der Waals surface area contributed by atoms with Gasteiger partial charge in [0, 0.05) is 43.1 Å². The minimum absolute atomic E-state index is 0.0277. The highest BCUT2D eigenvalue weighted by atomic mass is 19.2. The fourth-order valence-corrected chi connectivity index (χ4v) is 4.44. The lowest BCUT2D eigenvalue weighted by atomic mass is 9.86. The zero-order valence-electron chi connectivity index (χ0n) is 18.2. The van der Waals surface area contributed by atoms with Gasteiger partial charge in [0.15, 0.2) is 23.1 Å². The minimum Gasteiger partial charge on any atom is -0.493 e. The molecule has 0 spiro atoms. The van der Waals surface area contributed by atoms with E-state index < -0.39 is 11.6 Å². The maximum atomic E-state index is 14.3. The van der Waals surface area contributed by atoms with E-state index in [0.29, 0.717) is 41.7 Å². The van der Waals surface area contributed by atoms with Crippen LogP contribution >= 0.6 is 0 Å². The van der Waals surface area contributed by atoms with Gasteiger partial charge >= 0.3 is 0 Å². The van der Waals surface area contributed by atoms with E-state index in [1.165, 1.54) is 12.1 Å². The molecule has 8 heteroatoms. The second-order valence-electron chi connectivity index (χ2n) is 7.99. The molecule has 4 rings (SSSR count). The first kappa shape index (κ1) is 22.0. The molecule has 2 atom stereocenters. The summed E-state index contributed by atoms with van der Waals surface area (Å²) in [5.74, 6) is -0.0626. The van der Waals surface area contributed by atoms with Crippen LogP contribution in [0.15, 0.2) is 47.3 Å². The van der Waals surface area contributed by atoms with Crippen LogP contribution in [0.5, 0.6) is 11.5 Å². The summed E-state index contributed by atoms with van der Waals surface area (Å²) in [4.78, 5) is 21.4. The molecule has 1 aliphatic heterocycles. The van der Waals surface area contributed by atoms with Gasteiger partial charge in [-0.05, 0) is 30.7 Å². The van der Waals surface area contributed by atoms with Crippen molar-refractivity contribution in [3.05, 3.63) is 87.1 Å². The van der Waals surface area contributed by atoms with Gasteiger partial charge in [0.1, 0.15) is 5.82 Å². The standard InChI is InChI=1S/C24H25F2N3O3/c1-14-27-20(10-23(30)28-14)18-13-29(11-16-5-4-6-19(25)24(16)26)12-17(18)15-7-8-21(31-2)22(9-15)32-3/h4-10,17-18H,11-13H2,1-3H3,(H,27,28,30)/t17-,18+/m0/s1. The van der Waals surface area contributed by atoms with Crippen LogP contribution in [0.2, 0.25) is 0 Å². The highest BCUT2D eigenvalue weighted by molar-refractivity contribution is 5.45. The summed E-state index contributed by atoms with van der Waals surface area (Å²) in [6, 6.07) is 11.4. The number of benzene rings is 2. The third kappa shape index (κ3) is 4.36. The Balaban J connectivity index is 1.71. The lowest BCUT2D eigenvalue weighted by molar-refractivity contribution is 0.315. The molecule has 0 radical (unpaired) electrons. The predicted octanol–water partition coefficient (Wildman–Crippen LogP) is 3.76. The second-order valence-corrected chi connectivity index (χ2v) is 7.99. The zero-order valence-corrected chi connectivity index (χ0v) is 18.2. The number of rotatable bonds is 6. The molecule has 2 aromatic carbocycles. The summed E-state index contributed by atoms with van der Waals surface area (Å²) in [6.07, 6.45) is 0. The predicted molar refractivity (Wildman–Crippen MR) is 116 cm³/mol. The minimum atomic E-state index is -0.860. The molecule has 0 aliphatic carbocycles. The number of aromatic amines is 1. The van der Waals surface area contributed by atoms with Crippen molar-refractivity contribution < 1.29 is 18.3 Å². The molecule has 1 aromatic heterocycles. The first-order chi connectivity index (χ1) is 15.4. The monoisotopic (exact) mass is 441 g/mol. The van der Waals surface area contributed by atoms with E-state index in [1.807, 2.05) is 18.2 Å². The smallest absolute Gasteiger partial charge is 0.251 e. The first-order valence-electron chi connectivity index (χ1n) is 10.3. The number of aryl methyl sites for hydroxylation is 1. The van der Waals surface area contributed by atoms with Gasteiger partial charge in [0.2, 0.25) is 0 Å². The number of hydrogen-bond acceptors (Lipinski definition) is 5. The van der Waals surface area contributed by atoms with Crippen molar-refractivity contribution in [1.82, 2.24) is 14.9 Å². The van der Waals surface area contributed by atoms with Crippen molar-refractivity contribution in [3.8, 4) is 11.5 Å². The fraction of sp³-hybridized carbons (Fsp3) is 0.333. The molecule has 1 saturated heterocycles. The molecule has 32 heavy (non-hydrogen) atoms. The van der Waals surface area contributed by atoms with Crippen LogP contribution in [-0.2, 0) is 6.54 Å². The number of nitrogens with one attached hydrogen (secondary N) is 1. The Morgan fingerprint density at radius 1 is 1.06 bits per heavy atom. The van der Waals surface area contributed by atoms with Gasteiger partial charge in [0.25, 0.3) is 5.56 Å². The SMILES string of the molecule is COc1ccc([C@@H]2CN(Cc3cccc(F)c3F)C[C@H]2c2cc(=O)[nH]c(C)n2)cc1OC. The molecular weight excluding hydrogens is 416 g/mol. The largest absolute Gasteiger partial charge is 0.493 e. The van der Waals surface area contributed by atoms with E-state index >= 15 is 0 Å². The van der Waals surface area contributed by atoms with Crippen LogP contribution in [0.1, 0.15) is 34.5 Å². The fourth-order valence-electron chi connectivity index (χ4n) is 4.44. The summed E-state index contributed by atoms with van der Waals surface area (Å²) in [5, 5.41) is 0. The van der Waals surface area contributed by atoms with Crippen molar-refractivity contribution >= 4 is 0 Å². The van der Waals surface area contributed by atoms with E-state index in [2.05, 4.69) is 14.9 Å². The molecule has 0 unspecified atom stereocenters. The molecule has 1 fully saturated rings. The molecule has 168 valence electrons. The van der Waals surface area contributed by atoms with E-state index in [1.54, 1.807) is 27.2 Å². The number of methoxy groups -OCH3 is 2. The lowest BCUT2D eigenvalue weighted by Crippen LogP contribution is -2.21. The summed E-state index contributed by atoms with van der Waals surface area (Å²) in [5.41, 5.74) is 1.75. The summed E-state index contributed by atoms with van der Waals surface area (Å²) in [7, 11) is 3.16. The number of aromatic nitrogens is 2. The average Bonchev–Trinajstić information content (AvgIpc) is 3.19.